The zero-order valence-corrected chi connectivity index (χ0v) is 14.6. The van der Waals surface area contributed by atoms with Gasteiger partial charge in [0, 0.05) is 0 Å². The zero-order valence-electron chi connectivity index (χ0n) is 14.6. The van der Waals surface area contributed by atoms with Crippen molar-refractivity contribution in [3.8, 4) is 0 Å². The summed E-state index contributed by atoms with van der Waals surface area (Å²) in [6.07, 6.45) is 7.95. The fourth-order valence-electron chi connectivity index (χ4n) is 4.44. The highest BCUT2D eigenvalue weighted by molar-refractivity contribution is 5.20. The number of aliphatic hydroxyl groups is 2. The van der Waals surface area contributed by atoms with Gasteiger partial charge in [-0.1, -0.05) is 42.4 Å². The molecule has 0 aromatic carbocycles. The third-order valence-corrected chi connectivity index (χ3v) is 5.57. The van der Waals surface area contributed by atoms with Crippen LogP contribution in [0.5, 0.6) is 0 Å². The summed E-state index contributed by atoms with van der Waals surface area (Å²) in [5.74, 6) is 1.10. The van der Waals surface area contributed by atoms with Crippen LogP contribution in [-0.4, -0.2) is 22.4 Å². The average molecular weight is 304 g/mol. The van der Waals surface area contributed by atoms with Gasteiger partial charge in [0.15, 0.2) is 0 Å². The lowest BCUT2D eigenvalue weighted by molar-refractivity contribution is -0.0391. The van der Waals surface area contributed by atoms with Crippen molar-refractivity contribution < 1.29 is 10.2 Å². The van der Waals surface area contributed by atoms with E-state index in [1.54, 1.807) is 0 Å². The third kappa shape index (κ3) is 3.91. The lowest BCUT2D eigenvalue weighted by Crippen LogP contribution is -2.48. The Kier molecular flexibility index (Phi) is 5.34. The number of allylic oxidation sites excluding steroid dienone is 3. The molecule has 0 aromatic heterocycles. The SMILES string of the molecule is C=C1CCC(O)C=C(C)CC2C1CC2(C)CC(O)C=C(C)C. The molecule has 5 atom stereocenters. The standard InChI is InChI=1S/C20H32O2/c1-13(2)8-17(22)11-20(5)12-18-15(4)6-7-16(21)9-14(3)10-19(18)20/h8-9,16-19,21-22H,4,6-7,10-12H2,1-3,5H3. The molecule has 2 aliphatic carbocycles. The fraction of sp³-hybridized carbons (Fsp3) is 0.700. The minimum Gasteiger partial charge on any atom is -0.389 e. The van der Waals surface area contributed by atoms with Crippen molar-refractivity contribution in [2.24, 2.45) is 17.3 Å². The number of hydrogen-bond acceptors (Lipinski definition) is 2. The molecule has 2 rings (SSSR count). The summed E-state index contributed by atoms with van der Waals surface area (Å²) < 4.78 is 0. The van der Waals surface area contributed by atoms with Gasteiger partial charge in [0.25, 0.3) is 0 Å². The van der Waals surface area contributed by atoms with E-state index in [4.69, 9.17) is 0 Å². The molecule has 0 aliphatic heterocycles. The molecule has 2 heteroatoms. The number of hydrogen-bond donors (Lipinski definition) is 2. The minimum absolute atomic E-state index is 0.170. The number of fused-ring (bicyclic) bond motifs is 1. The molecule has 22 heavy (non-hydrogen) atoms. The van der Waals surface area contributed by atoms with Gasteiger partial charge in [0.1, 0.15) is 0 Å². The fourth-order valence-corrected chi connectivity index (χ4v) is 4.44. The van der Waals surface area contributed by atoms with E-state index in [1.165, 1.54) is 16.7 Å². The molecular formula is C20H32O2. The Morgan fingerprint density at radius 1 is 1.50 bits per heavy atom. The maximum absolute atomic E-state index is 10.3. The number of aliphatic hydroxyl groups excluding tert-OH is 2. The molecule has 0 spiro atoms. The van der Waals surface area contributed by atoms with Crippen LogP contribution in [0.2, 0.25) is 0 Å². The average Bonchev–Trinajstić information content (AvgIpc) is 2.42. The summed E-state index contributed by atoms with van der Waals surface area (Å²) in [5, 5.41) is 20.3. The highest BCUT2D eigenvalue weighted by atomic mass is 16.3. The molecule has 124 valence electrons. The molecule has 5 unspecified atom stereocenters. The monoisotopic (exact) mass is 304 g/mol. The van der Waals surface area contributed by atoms with E-state index in [1.807, 2.05) is 26.0 Å². The van der Waals surface area contributed by atoms with Crippen LogP contribution in [0.25, 0.3) is 0 Å². The second kappa shape index (κ2) is 6.72. The summed E-state index contributed by atoms with van der Waals surface area (Å²) in [6, 6.07) is 0. The van der Waals surface area contributed by atoms with E-state index in [9.17, 15) is 10.2 Å². The van der Waals surface area contributed by atoms with Gasteiger partial charge in [0.05, 0.1) is 12.2 Å². The van der Waals surface area contributed by atoms with E-state index < -0.39 is 0 Å². The summed E-state index contributed by atoms with van der Waals surface area (Å²) >= 11 is 0. The van der Waals surface area contributed by atoms with Crippen LogP contribution in [0.1, 0.15) is 59.8 Å². The second-order valence-corrected chi connectivity index (χ2v) is 8.07. The van der Waals surface area contributed by atoms with Crippen LogP contribution in [0, 0.1) is 17.3 Å². The quantitative estimate of drug-likeness (QED) is 0.759. The van der Waals surface area contributed by atoms with E-state index in [2.05, 4.69) is 20.4 Å². The zero-order chi connectivity index (χ0) is 16.5. The van der Waals surface area contributed by atoms with Crippen molar-refractivity contribution in [2.45, 2.75) is 72.0 Å². The Labute approximate surface area is 135 Å². The first-order valence-electron chi connectivity index (χ1n) is 8.57. The molecule has 0 amide bonds. The molecule has 2 N–H and O–H groups in total. The minimum atomic E-state index is -0.355. The van der Waals surface area contributed by atoms with Crippen molar-refractivity contribution >= 4 is 0 Å². The first-order chi connectivity index (χ1) is 10.2. The highest BCUT2D eigenvalue weighted by Gasteiger charge is 2.51. The van der Waals surface area contributed by atoms with Gasteiger partial charge in [-0.3, -0.25) is 0 Å². The first-order valence-corrected chi connectivity index (χ1v) is 8.57. The van der Waals surface area contributed by atoms with Crippen molar-refractivity contribution in [1.82, 2.24) is 0 Å². The molecular weight excluding hydrogens is 272 g/mol. The van der Waals surface area contributed by atoms with Crippen molar-refractivity contribution in [1.29, 1.82) is 0 Å². The number of rotatable bonds is 3. The summed E-state index contributed by atoms with van der Waals surface area (Å²) in [4.78, 5) is 0. The van der Waals surface area contributed by atoms with E-state index in [-0.39, 0.29) is 17.6 Å². The van der Waals surface area contributed by atoms with Gasteiger partial charge in [-0.2, -0.15) is 0 Å². The van der Waals surface area contributed by atoms with Gasteiger partial charge >= 0.3 is 0 Å². The van der Waals surface area contributed by atoms with Crippen LogP contribution in [0.3, 0.4) is 0 Å². The molecule has 0 aromatic rings. The highest BCUT2D eigenvalue weighted by Crippen LogP contribution is 2.59. The van der Waals surface area contributed by atoms with Crippen LogP contribution >= 0.6 is 0 Å². The van der Waals surface area contributed by atoms with Crippen molar-refractivity contribution in [2.75, 3.05) is 0 Å². The maximum atomic E-state index is 10.3. The van der Waals surface area contributed by atoms with E-state index in [0.29, 0.717) is 11.8 Å². The van der Waals surface area contributed by atoms with Crippen LogP contribution in [0.4, 0.5) is 0 Å². The molecule has 2 nitrogen and oxygen atoms in total. The summed E-state index contributed by atoms with van der Waals surface area (Å²) in [7, 11) is 0. The lowest BCUT2D eigenvalue weighted by Gasteiger charge is -2.55. The molecule has 0 heterocycles. The predicted octanol–water partition coefficient (Wildman–Crippen LogP) is 4.39. The van der Waals surface area contributed by atoms with Crippen LogP contribution < -0.4 is 0 Å². The topological polar surface area (TPSA) is 40.5 Å². The molecule has 1 fully saturated rings. The Morgan fingerprint density at radius 2 is 2.18 bits per heavy atom. The molecule has 0 bridgehead atoms. The summed E-state index contributed by atoms with van der Waals surface area (Å²) in [6.45, 7) is 12.8. The third-order valence-electron chi connectivity index (χ3n) is 5.57. The Morgan fingerprint density at radius 3 is 2.82 bits per heavy atom. The summed E-state index contributed by atoms with van der Waals surface area (Å²) in [5.41, 5.74) is 3.91. The van der Waals surface area contributed by atoms with Gasteiger partial charge in [0.2, 0.25) is 0 Å². The van der Waals surface area contributed by atoms with Gasteiger partial charge < -0.3 is 10.2 Å². The molecule has 0 saturated heterocycles. The van der Waals surface area contributed by atoms with E-state index >= 15 is 0 Å². The largest absolute Gasteiger partial charge is 0.389 e. The molecule has 2 aliphatic rings. The van der Waals surface area contributed by atoms with E-state index in [0.717, 1.165) is 32.1 Å². The smallest absolute Gasteiger partial charge is 0.0728 e. The molecule has 1 saturated carbocycles. The predicted molar refractivity (Wildman–Crippen MR) is 92.5 cm³/mol. The Hall–Kier alpha value is -0.860. The second-order valence-electron chi connectivity index (χ2n) is 8.07. The molecule has 0 radical (unpaired) electrons. The Balaban J connectivity index is 2.15. The van der Waals surface area contributed by atoms with Crippen molar-refractivity contribution in [3.63, 3.8) is 0 Å². The first kappa shape index (κ1) is 17.5. The van der Waals surface area contributed by atoms with Gasteiger partial charge in [-0.15, -0.1) is 0 Å². The van der Waals surface area contributed by atoms with Crippen LogP contribution in [-0.2, 0) is 0 Å². The van der Waals surface area contributed by atoms with Gasteiger partial charge in [-0.05, 0) is 70.1 Å². The normalized spacial score (nSPS) is 36.9. The van der Waals surface area contributed by atoms with Crippen molar-refractivity contribution in [3.05, 3.63) is 35.5 Å². The lowest BCUT2D eigenvalue weighted by atomic mass is 9.49. The van der Waals surface area contributed by atoms with Gasteiger partial charge in [-0.25, -0.2) is 0 Å². The maximum Gasteiger partial charge on any atom is 0.0728 e. The van der Waals surface area contributed by atoms with Crippen LogP contribution in [0.15, 0.2) is 35.5 Å². The Bertz CT molecular complexity index is 484.